The zero-order chi connectivity index (χ0) is 19.6. The summed E-state index contributed by atoms with van der Waals surface area (Å²) in [7, 11) is 0. The lowest BCUT2D eigenvalue weighted by Gasteiger charge is -2.29. The van der Waals surface area contributed by atoms with E-state index in [1.165, 1.54) is 0 Å². The van der Waals surface area contributed by atoms with Crippen LogP contribution in [0.25, 0.3) is 0 Å². The van der Waals surface area contributed by atoms with Gasteiger partial charge < -0.3 is 9.47 Å². The molecule has 27 heavy (non-hydrogen) atoms. The molecule has 0 aliphatic rings. The molecule has 3 atom stereocenters. The van der Waals surface area contributed by atoms with E-state index < -0.39 is 0 Å². The number of hydrogen-bond acceptors (Lipinski definition) is 4. The number of carbonyl (C=O) groups is 2. The highest BCUT2D eigenvalue weighted by Crippen LogP contribution is 2.24. The number of ether oxygens (including phenoxy) is 2. The van der Waals surface area contributed by atoms with E-state index in [4.69, 9.17) is 9.47 Å². The van der Waals surface area contributed by atoms with Crippen LogP contribution in [0.1, 0.15) is 60.7 Å². The fourth-order valence-electron chi connectivity index (χ4n) is 3.09. The van der Waals surface area contributed by atoms with E-state index in [2.05, 4.69) is 6.92 Å². The van der Waals surface area contributed by atoms with Crippen molar-refractivity contribution in [2.24, 2.45) is 5.92 Å². The Morgan fingerprint density at radius 3 is 1.56 bits per heavy atom. The van der Waals surface area contributed by atoms with Crippen LogP contribution in [0.15, 0.2) is 60.7 Å². The molecule has 0 aromatic heterocycles. The number of unbranched alkanes of at least 4 members (excludes halogenated alkanes) is 1. The lowest BCUT2D eigenvalue weighted by Crippen LogP contribution is -2.35. The summed E-state index contributed by atoms with van der Waals surface area (Å²) in [5, 5.41) is 0. The third-order valence-corrected chi connectivity index (χ3v) is 4.70. The van der Waals surface area contributed by atoms with Gasteiger partial charge in [0.05, 0.1) is 11.1 Å². The molecule has 0 aliphatic carbocycles. The van der Waals surface area contributed by atoms with E-state index in [-0.39, 0.29) is 30.1 Å². The zero-order valence-electron chi connectivity index (χ0n) is 16.3. The molecule has 0 amide bonds. The molecule has 0 aliphatic heterocycles. The van der Waals surface area contributed by atoms with E-state index in [1.54, 1.807) is 48.5 Å². The summed E-state index contributed by atoms with van der Waals surface area (Å²) in [6.07, 6.45) is 2.11. The van der Waals surface area contributed by atoms with Crippen molar-refractivity contribution in [1.29, 1.82) is 0 Å². The minimum atomic E-state index is -0.358. The molecule has 144 valence electrons. The second-order valence-electron chi connectivity index (χ2n) is 6.76. The molecule has 0 heterocycles. The Morgan fingerprint density at radius 1 is 0.778 bits per heavy atom. The summed E-state index contributed by atoms with van der Waals surface area (Å²) in [4.78, 5) is 24.7. The number of esters is 2. The van der Waals surface area contributed by atoms with Gasteiger partial charge in [-0.3, -0.25) is 0 Å². The minimum absolute atomic E-state index is 0.0646. The highest BCUT2D eigenvalue weighted by Gasteiger charge is 2.29. The molecule has 0 N–H and O–H groups in total. The predicted molar refractivity (Wildman–Crippen MR) is 106 cm³/mol. The maximum absolute atomic E-state index is 12.4. The maximum atomic E-state index is 12.4. The van der Waals surface area contributed by atoms with Crippen LogP contribution in [0.2, 0.25) is 0 Å². The first-order valence-corrected chi connectivity index (χ1v) is 9.55. The van der Waals surface area contributed by atoms with E-state index in [0.717, 1.165) is 19.3 Å². The first-order chi connectivity index (χ1) is 13.0. The monoisotopic (exact) mass is 368 g/mol. The van der Waals surface area contributed by atoms with Gasteiger partial charge in [0.25, 0.3) is 0 Å². The Morgan fingerprint density at radius 2 is 1.19 bits per heavy atom. The Labute approximate surface area is 161 Å². The molecule has 1 unspecified atom stereocenters. The summed E-state index contributed by atoms with van der Waals surface area (Å²) in [5.41, 5.74) is 1.04. The lowest BCUT2D eigenvalue weighted by molar-refractivity contribution is -0.0250. The molecular formula is C23H28O4. The Balaban J connectivity index is 2.03. The van der Waals surface area contributed by atoms with E-state index in [9.17, 15) is 9.59 Å². The molecule has 4 nitrogen and oxygen atoms in total. The first kappa shape index (κ1) is 20.7. The van der Waals surface area contributed by atoms with Crippen LogP contribution in [-0.2, 0) is 9.47 Å². The Hall–Kier alpha value is -2.62. The van der Waals surface area contributed by atoms with Crippen molar-refractivity contribution in [2.75, 3.05) is 0 Å². The average molecular weight is 368 g/mol. The fourth-order valence-corrected chi connectivity index (χ4v) is 3.09. The van der Waals surface area contributed by atoms with Crippen LogP contribution in [0.4, 0.5) is 0 Å². The normalized spacial score (nSPS) is 14.0. The van der Waals surface area contributed by atoms with Gasteiger partial charge in [0.1, 0.15) is 12.2 Å². The summed E-state index contributed by atoms with van der Waals surface area (Å²) < 4.78 is 11.3. The topological polar surface area (TPSA) is 52.6 Å². The summed E-state index contributed by atoms with van der Waals surface area (Å²) in [6.45, 7) is 5.85. The quantitative estimate of drug-likeness (QED) is 0.565. The second kappa shape index (κ2) is 10.5. The van der Waals surface area contributed by atoms with Crippen molar-refractivity contribution < 1.29 is 19.1 Å². The third-order valence-electron chi connectivity index (χ3n) is 4.70. The number of carbonyl (C=O) groups excluding carboxylic acids is 2. The van der Waals surface area contributed by atoms with E-state index >= 15 is 0 Å². The summed E-state index contributed by atoms with van der Waals surface area (Å²) in [6, 6.07) is 17.9. The SMILES string of the molecule is CCCCC([C@H](C)OC(=O)c1ccccc1)[C@@H](C)OC(=O)c1ccccc1. The van der Waals surface area contributed by atoms with Gasteiger partial charge in [-0.1, -0.05) is 56.2 Å². The molecule has 0 bridgehead atoms. The predicted octanol–water partition coefficient (Wildman–Crippen LogP) is 5.28. The van der Waals surface area contributed by atoms with Crippen molar-refractivity contribution in [1.82, 2.24) is 0 Å². The van der Waals surface area contributed by atoms with Gasteiger partial charge in [-0.05, 0) is 44.5 Å². The smallest absolute Gasteiger partial charge is 0.338 e. The number of hydrogen-bond donors (Lipinski definition) is 0. The molecule has 0 spiro atoms. The van der Waals surface area contributed by atoms with Crippen LogP contribution in [0.5, 0.6) is 0 Å². The van der Waals surface area contributed by atoms with Crippen LogP contribution in [-0.4, -0.2) is 24.1 Å². The maximum Gasteiger partial charge on any atom is 0.338 e. The van der Waals surface area contributed by atoms with E-state index in [1.807, 2.05) is 26.0 Å². The standard InChI is InChI=1S/C23H28O4/c1-4-5-16-21(17(2)26-22(24)19-12-8-6-9-13-19)18(3)27-23(25)20-14-10-7-11-15-20/h6-15,17-18,21H,4-5,16H2,1-3H3/t17-,18+,21?. The third kappa shape index (κ3) is 6.24. The van der Waals surface area contributed by atoms with Gasteiger partial charge in [-0.2, -0.15) is 0 Å². The van der Waals surface area contributed by atoms with Crippen LogP contribution in [0.3, 0.4) is 0 Å². The highest BCUT2D eigenvalue weighted by atomic mass is 16.6. The van der Waals surface area contributed by atoms with Crippen LogP contribution in [0, 0.1) is 5.92 Å². The van der Waals surface area contributed by atoms with Gasteiger partial charge in [0.2, 0.25) is 0 Å². The number of rotatable bonds is 9. The van der Waals surface area contributed by atoms with Crippen molar-refractivity contribution in [3.05, 3.63) is 71.8 Å². The molecule has 0 saturated heterocycles. The summed E-state index contributed by atoms with van der Waals surface area (Å²) in [5.74, 6) is -0.775. The molecule has 0 radical (unpaired) electrons. The largest absolute Gasteiger partial charge is 0.459 e. The van der Waals surface area contributed by atoms with Crippen LogP contribution >= 0.6 is 0 Å². The number of benzene rings is 2. The van der Waals surface area contributed by atoms with Crippen molar-refractivity contribution in [3.63, 3.8) is 0 Å². The molecule has 0 saturated carbocycles. The zero-order valence-corrected chi connectivity index (χ0v) is 16.3. The van der Waals surface area contributed by atoms with Gasteiger partial charge >= 0.3 is 11.9 Å². The van der Waals surface area contributed by atoms with Gasteiger partial charge in [0, 0.05) is 5.92 Å². The second-order valence-corrected chi connectivity index (χ2v) is 6.76. The van der Waals surface area contributed by atoms with Crippen molar-refractivity contribution >= 4 is 11.9 Å². The molecule has 4 heteroatoms. The Kier molecular flexibility index (Phi) is 8.05. The molecule has 0 fully saturated rings. The molecule has 2 aromatic carbocycles. The average Bonchev–Trinajstić information content (AvgIpc) is 2.69. The highest BCUT2D eigenvalue weighted by molar-refractivity contribution is 5.90. The van der Waals surface area contributed by atoms with E-state index in [0.29, 0.717) is 11.1 Å². The summed E-state index contributed by atoms with van der Waals surface area (Å²) >= 11 is 0. The Bertz CT molecular complexity index is 652. The minimum Gasteiger partial charge on any atom is -0.459 e. The van der Waals surface area contributed by atoms with Crippen molar-refractivity contribution in [3.8, 4) is 0 Å². The molecule has 2 rings (SSSR count). The van der Waals surface area contributed by atoms with Crippen molar-refractivity contribution in [2.45, 2.75) is 52.2 Å². The van der Waals surface area contributed by atoms with Gasteiger partial charge in [0.15, 0.2) is 0 Å². The van der Waals surface area contributed by atoms with Gasteiger partial charge in [-0.25, -0.2) is 9.59 Å². The molecule has 2 aromatic rings. The lowest BCUT2D eigenvalue weighted by atomic mass is 9.91. The van der Waals surface area contributed by atoms with Crippen LogP contribution < -0.4 is 0 Å². The first-order valence-electron chi connectivity index (χ1n) is 9.55. The molecular weight excluding hydrogens is 340 g/mol. The fraction of sp³-hybridized carbons (Fsp3) is 0.391. The van der Waals surface area contributed by atoms with Gasteiger partial charge in [-0.15, -0.1) is 0 Å².